The van der Waals surface area contributed by atoms with E-state index in [4.69, 9.17) is 4.74 Å². The third kappa shape index (κ3) is 4.20. The van der Waals surface area contributed by atoms with Gasteiger partial charge < -0.3 is 14.8 Å². The summed E-state index contributed by atoms with van der Waals surface area (Å²) in [6.45, 7) is 3.44. The molecular formula is C27H31F3N6O3. The van der Waals surface area contributed by atoms with Crippen molar-refractivity contribution in [1.29, 1.82) is 0 Å². The summed E-state index contributed by atoms with van der Waals surface area (Å²) in [7, 11) is 1.59. The topological polar surface area (TPSA) is 101 Å². The molecule has 0 amide bonds. The van der Waals surface area contributed by atoms with Gasteiger partial charge >= 0.3 is 11.9 Å². The molecule has 1 aromatic carbocycles. The Bertz CT molecular complexity index is 1590. The summed E-state index contributed by atoms with van der Waals surface area (Å²) in [5.41, 5.74) is 2.27. The Morgan fingerprint density at radius 3 is 2.46 bits per heavy atom. The maximum atomic E-state index is 13.2. The normalized spacial score (nSPS) is 22.1. The molecular weight excluding hydrogens is 513 g/mol. The van der Waals surface area contributed by atoms with Gasteiger partial charge in [0.2, 0.25) is 0 Å². The molecule has 1 saturated heterocycles. The molecule has 208 valence electrons. The highest BCUT2D eigenvalue weighted by atomic mass is 19.4. The van der Waals surface area contributed by atoms with Crippen LogP contribution in [0.3, 0.4) is 0 Å². The highest BCUT2D eigenvalue weighted by Crippen LogP contribution is 2.42. The summed E-state index contributed by atoms with van der Waals surface area (Å²) < 4.78 is 48.2. The van der Waals surface area contributed by atoms with Crippen molar-refractivity contribution in [3.8, 4) is 16.9 Å². The fourth-order valence-electron chi connectivity index (χ4n) is 6.22. The van der Waals surface area contributed by atoms with Gasteiger partial charge in [0, 0.05) is 36.9 Å². The number of imidazole rings is 1. The fraction of sp³-hybridized carbons (Fsp3) is 0.519. The second-order valence-corrected chi connectivity index (χ2v) is 11.1. The molecule has 1 aliphatic heterocycles. The van der Waals surface area contributed by atoms with Gasteiger partial charge in [0.05, 0.1) is 18.1 Å². The van der Waals surface area contributed by atoms with Crippen LogP contribution < -0.4 is 10.4 Å². The van der Waals surface area contributed by atoms with E-state index in [9.17, 15) is 23.1 Å². The van der Waals surface area contributed by atoms with Crippen molar-refractivity contribution in [2.75, 3.05) is 20.2 Å². The molecule has 2 aliphatic rings. The van der Waals surface area contributed by atoms with E-state index in [0.29, 0.717) is 37.1 Å². The van der Waals surface area contributed by atoms with Gasteiger partial charge in [0.1, 0.15) is 6.33 Å². The number of halogens is 3. The number of nitrogens with zero attached hydrogens (tertiary/aromatic N) is 5. The number of aromatic amines is 1. The van der Waals surface area contributed by atoms with E-state index in [1.807, 2.05) is 22.9 Å². The van der Waals surface area contributed by atoms with Crippen LogP contribution >= 0.6 is 0 Å². The molecule has 0 atom stereocenters. The first-order valence-corrected chi connectivity index (χ1v) is 13.2. The molecule has 3 aromatic heterocycles. The lowest BCUT2D eigenvalue weighted by Crippen LogP contribution is -2.71. The third-order valence-electron chi connectivity index (χ3n) is 8.39. The zero-order chi connectivity index (χ0) is 27.7. The summed E-state index contributed by atoms with van der Waals surface area (Å²) in [4.78, 5) is 22.2. The van der Waals surface area contributed by atoms with Crippen molar-refractivity contribution in [3.05, 3.63) is 46.8 Å². The van der Waals surface area contributed by atoms with Gasteiger partial charge in [0.15, 0.2) is 17.0 Å². The van der Waals surface area contributed by atoms with Crippen molar-refractivity contribution in [3.63, 3.8) is 0 Å². The average molecular weight is 545 g/mol. The Balaban J connectivity index is 1.30. The maximum Gasteiger partial charge on any atom is 0.419 e. The monoisotopic (exact) mass is 544 g/mol. The van der Waals surface area contributed by atoms with Crippen LogP contribution in [-0.2, 0) is 0 Å². The number of nitrogens with one attached hydrogen (secondary N) is 1. The Morgan fingerprint density at radius 2 is 1.82 bits per heavy atom. The van der Waals surface area contributed by atoms with E-state index in [2.05, 4.69) is 35.0 Å². The number of ether oxygens (including phenoxy) is 1. The summed E-state index contributed by atoms with van der Waals surface area (Å²) in [5, 5.41) is 14.1. The number of H-pyrrole nitrogens is 1. The minimum atomic E-state index is -4.61. The van der Waals surface area contributed by atoms with Crippen LogP contribution in [0.4, 0.5) is 13.2 Å². The SMILES string of the molecule is COc1cc(-c2cc3[nH]c(=O)n(C4CCC(N5CC(O)(C(F)(F)F)C5)CC4)c3cc2C(C)C)cn2ncnc12. The molecule has 2 fully saturated rings. The zero-order valence-corrected chi connectivity index (χ0v) is 22.0. The summed E-state index contributed by atoms with van der Waals surface area (Å²) >= 11 is 0. The lowest BCUT2D eigenvalue weighted by molar-refractivity contribution is -0.306. The number of fused-ring (bicyclic) bond motifs is 2. The van der Waals surface area contributed by atoms with Crippen LogP contribution in [0.1, 0.15) is 57.1 Å². The van der Waals surface area contributed by atoms with Gasteiger partial charge in [-0.15, -0.1) is 0 Å². The molecule has 0 unspecified atom stereocenters. The number of alkyl halides is 3. The van der Waals surface area contributed by atoms with Gasteiger partial charge in [-0.1, -0.05) is 13.8 Å². The number of pyridine rings is 1. The molecule has 39 heavy (non-hydrogen) atoms. The van der Waals surface area contributed by atoms with Crippen LogP contribution in [0.15, 0.2) is 35.5 Å². The van der Waals surface area contributed by atoms with E-state index in [1.165, 1.54) is 6.33 Å². The van der Waals surface area contributed by atoms with Crippen molar-refractivity contribution < 1.29 is 23.0 Å². The predicted molar refractivity (Wildman–Crippen MR) is 139 cm³/mol. The number of methoxy groups -OCH3 is 1. The molecule has 4 aromatic rings. The van der Waals surface area contributed by atoms with E-state index >= 15 is 0 Å². The van der Waals surface area contributed by atoms with Gasteiger partial charge in [-0.3, -0.25) is 9.47 Å². The summed E-state index contributed by atoms with van der Waals surface area (Å²) in [6, 6.07) is 5.90. The zero-order valence-electron chi connectivity index (χ0n) is 22.0. The smallest absolute Gasteiger partial charge is 0.419 e. The highest BCUT2D eigenvalue weighted by molar-refractivity contribution is 5.85. The molecule has 2 N–H and O–H groups in total. The molecule has 1 aliphatic carbocycles. The minimum absolute atomic E-state index is 0.0238. The van der Waals surface area contributed by atoms with Crippen LogP contribution in [-0.4, -0.2) is 72.2 Å². The quantitative estimate of drug-likeness (QED) is 0.390. The highest BCUT2D eigenvalue weighted by Gasteiger charge is 2.61. The second kappa shape index (κ2) is 9.09. The number of benzene rings is 1. The molecule has 9 nitrogen and oxygen atoms in total. The molecule has 12 heteroatoms. The Hall–Kier alpha value is -3.38. The molecule has 1 saturated carbocycles. The Kier molecular flexibility index (Phi) is 6.03. The van der Waals surface area contributed by atoms with E-state index in [1.54, 1.807) is 16.5 Å². The molecule has 6 rings (SSSR count). The summed E-state index contributed by atoms with van der Waals surface area (Å²) in [6.07, 6.45) is 1.45. The third-order valence-corrected chi connectivity index (χ3v) is 8.39. The number of aromatic nitrogens is 5. The Labute approximate surface area is 222 Å². The first-order valence-electron chi connectivity index (χ1n) is 13.2. The van der Waals surface area contributed by atoms with Crippen molar-refractivity contribution in [2.24, 2.45) is 0 Å². The fourth-order valence-corrected chi connectivity index (χ4v) is 6.22. The predicted octanol–water partition coefficient (Wildman–Crippen LogP) is 4.26. The molecule has 0 spiro atoms. The average Bonchev–Trinajstić information content (AvgIpc) is 3.48. The van der Waals surface area contributed by atoms with Crippen LogP contribution in [0.25, 0.3) is 27.8 Å². The standard InChI is InChI=1S/C27H31F3N6O3/c1-15(2)19-10-22-21(9-20(19)16-8-23(39-3)24-31-14-32-35(24)11-16)33-25(37)36(22)18-6-4-17(5-7-18)34-12-26(38,13-34)27(28,29)30/h8-11,14-15,17-18,38H,4-7,12-13H2,1-3H3,(H,33,37). The van der Waals surface area contributed by atoms with Gasteiger partial charge in [0.25, 0.3) is 0 Å². The minimum Gasteiger partial charge on any atom is -0.493 e. The van der Waals surface area contributed by atoms with Crippen molar-refractivity contribution in [2.45, 2.75) is 69.3 Å². The first-order chi connectivity index (χ1) is 18.5. The first kappa shape index (κ1) is 25.9. The number of hydrogen-bond donors (Lipinski definition) is 2. The van der Waals surface area contributed by atoms with E-state index < -0.39 is 11.8 Å². The number of aliphatic hydroxyl groups is 1. The molecule has 4 heterocycles. The number of likely N-dealkylation sites (tertiary alicyclic amines) is 1. The van der Waals surface area contributed by atoms with E-state index in [0.717, 1.165) is 27.7 Å². The number of rotatable bonds is 5. The van der Waals surface area contributed by atoms with Gasteiger partial charge in [-0.05, 0) is 60.9 Å². The number of β-amino-alcohol motifs (C(OH)–C–C–N with tert-alkyl or cyclic N) is 1. The second-order valence-electron chi connectivity index (χ2n) is 11.1. The van der Waals surface area contributed by atoms with Crippen LogP contribution in [0.2, 0.25) is 0 Å². The van der Waals surface area contributed by atoms with Crippen molar-refractivity contribution >= 4 is 16.7 Å². The Morgan fingerprint density at radius 1 is 1.13 bits per heavy atom. The van der Waals surface area contributed by atoms with Crippen molar-refractivity contribution in [1.82, 2.24) is 29.0 Å². The molecule has 0 bridgehead atoms. The van der Waals surface area contributed by atoms with Crippen LogP contribution in [0, 0.1) is 0 Å². The van der Waals surface area contributed by atoms with Gasteiger partial charge in [-0.25, -0.2) is 14.3 Å². The summed E-state index contributed by atoms with van der Waals surface area (Å²) in [5.74, 6) is 0.758. The lowest BCUT2D eigenvalue weighted by Gasteiger charge is -2.51. The van der Waals surface area contributed by atoms with Gasteiger partial charge in [-0.2, -0.15) is 18.3 Å². The van der Waals surface area contributed by atoms with E-state index in [-0.39, 0.29) is 36.8 Å². The largest absolute Gasteiger partial charge is 0.493 e. The number of hydrogen-bond acceptors (Lipinski definition) is 6. The molecule has 0 radical (unpaired) electrons. The maximum absolute atomic E-state index is 13.2. The lowest BCUT2D eigenvalue weighted by atomic mass is 9.84. The van der Waals surface area contributed by atoms with Crippen LogP contribution in [0.5, 0.6) is 5.75 Å².